The number of anilines is 1. The van der Waals surface area contributed by atoms with E-state index in [9.17, 15) is 53.8 Å². The molecule has 1 saturated heterocycles. The van der Waals surface area contributed by atoms with E-state index in [2.05, 4.69) is 10.6 Å². The predicted octanol–water partition coefficient (Wildman–Crippen LogP) is 3.04. The average molecular weight is 598 g/mol. The van der Waals surface area contributed by atoms with E-state index >= 15 is 0 Å². The molecule has 1 fully saturated rings. The second kappa shape index (κ2) is 10.2. The molecule has 218 valence electrons. The molecule has 2 unspecified atom stereocenters. The van der Waals surface area contributed by atoms with Gasteiger partial charge in [0, 0.05) is 24.9 Å². The summed E-state index contributed by atoms with van der Waals surface area (Å²) in [5, 5.41) is 14.9. The number of fused-ring (bicyclic) bond motifs is 1. The van der Waals surface area contributed by atoms with Crippen molar-refractivity contribution in [2.45, 2.75) is 60.6 Å². The maximum atomic E-state index is 13.6. The van der Waals surface area contributed by atoms with Crippen LogP contribution >= 0.6 is 0 Å². The van der Waals surface area contributed by atoms with Crippen LogP contribution in [0.4, 0.5) is 36.4 Å². The van der Waals surface area contributed by atoms with Crippen LogP contribution in [0.5, 0.6) is 0 Å². The van der Waals surface area contributed by atoms with Crippen LogP contribution in [-0.2, 0) is 31.6 Å². The number of alkyl halides is 6. The molecule has 0 saturated carbocycles. The first-order valence-corrected chi connectivity index (χ1v) is 13.2. The summed E-state index contributed by atoms with van der Waals surface area (Å²) in [4.78, 5) is 23.7. The lowest BCUT2D eigenvalue weighted by atomic mass is 9.87. The summed E-state index contributed by atoms with van der Waals surface area (Å²) in [6.45, 7) is 0.153. The Balaban J connectivity index is 1.76. The second-order valence-corrected chi connectivity index (χ2v) is 11.3. The standard InChI is InChI=1S/C24H22F7N3O5S/c25-15-3-6-18(7-4-15)40(38,39)34-17(11-21(36)33-16-10-20(35)32-12-16)5-1-13-9-14(2-8-19(13)34)22(37,23(26,27)28)24(29,30)31/h2-4,6-9,16-17,37H,1,5,10-12H2,(H,32,35)(H,33,36). The maximum absolute atomic E-state index is 13.6. The van der Waals surface area contributed by atoms with Crippen molar-refractivity contribution < 1.29 is 53.8 Å². The Bertz CT molecular complexity index is 1400. The van der Waals surface area contributed by atoms with Gasteiger partial charge < -0.3 is 15.7 Å². The van der Waals surface area contributed by atoms with Crippen molar-refractivity contribution in [3.8, 4) is 0 Å². The van der Waals surface area contributed by atoms with Crippen LogP contribution in [0.15, 0.2) is 47.4 Å². The van der Waals surface area contributed by atoms with E-state index in [1.807, 2.05) is 0 Å². The Morgan fingerprint density at radius 3 is 2.23 bits per heavy atom. The molecule has 0 spiro atoms. The molecule has 8 nitrogen and oxygen atoms in total. The Kier molecular flexibility index (Phi) is 7.55. The molecule has 4 rings (SSSR count). The fourth-order valence-electron chi connectivity index (χ4n) is 4.79. The van der Waals surface area contributed by atoms with Gasteiger partial charge in [-0.3, -0.25) is 13.9 Å². The molecule has 3 N–H and O–H groups in total. The number of amides is 2. The fraction of sp³-hybridized carbons (Fsp3) is 0.417. The molecule has 2 atom stereocenters. The third-order valence-corrected chi connectivity index (χ3v) is 8.65. The van der Waals surface area contributed by atoms with E-state index in [0.29, 0.717) is 22.5 Å². The van der Waals surface area contributed by atoms with E-state index in [-0.39, 0.29) is 43.0 Å². The number of sulfonamides is 1. The summed E-state index contributed by atoms with van der Waals surface area (Å²) in [5.74, 6) is -1.71. The number of carbonyl (C=O) groups is 2. The van der Waals surface area contributed by atoms with Gasteiger partial charge in [-0.2, -0.15) is 26.3 Å². The zero-order valence-corrected chi connectivity index (χ0v) is 21.1. The predicted molar refractivity (Wildman–Crippen MR) is 125 cm³/mol. The van der Waals surface area contributed by atoms with Crippen LogP contribution in [-0.4, -0.2) is 56.3 Å². The second-order valence-electron chi connectivity index (χ2n) is 9.47. The van der Waals surface area contributed by atoms with Crippen molar-refractivity contribution >= 4 is 27.5 Å². The molecule has 2 aliphatic heterocycles. The highest BCUT2D eigenvalue weighted by atomic mass is 32.2. The molecular weight excluding hydrogens is 575 g/mol. The summed E-state index contributed by atoms with van der Waals surface area (Å²) in [6.07, 6.45) is -13.2. The van der Waals surface area contributed by atoms with Gasteiger partial charge >= 0.3 is 12.4 Å². The SMILES string of the molecule is O=C1CC(NC(=O)CC2CCc3cc(C(O)(C(F)(F)F)C(F)(F)F)ccc3N2S(=O)(=O)c2ccc(F)cc2)CN1. The van der Waals surface area contributed by atoms with Crippen molar-refractivity contribution in [3.63, 3.8) is 0 Å². The van der Waals surface area contributed by atoms with Crippen LogP contribution in [0, 0.1) is 5.82 Å². The van der Waals surface area contributed by atoms with E-state index < -0.39 is 68.7 Å². The molecule has 2 aromatic carbocycles. The molecule has 0 bridgehead atoms. The van der Waals surface area contributed by atoms with Gasteiger partial charge in [0.2, 0.25) is 11.8 Å². The zero-order chi connectivity index (χ0) is 29.7. The van der Waals surface area contributed by atoms with Crippen LogP contribution in [0.25, 0.3) is 0 Å². The topological polar surface area (TPSA) is 116 Å². The molecule has 2 aromatic rings. The summed E-state index contributed by atoms with van der Waals surface area (Å²) in [5.41, 5.74) is -7.34. The highest BCUT2D eigenvalue weighted by Crippen LogP contribution is 2.51. The molecule has 2 heterocycles. The first-order valence-electron chi connectivity index (χ1n) is 11.8. The fourth-order valence-corrected chi connectivity index (χ4v) is 6.51. The minimum atomic E-state index is -6.15. The summed E-state index contributed by atoms with van der Waals surface area (Å²) < 4.78 is 122. The highest BCUT2D eigenvalue weighted by molar-refractivity contribution is 7.92. The van der Waals surface area contributed by atoms with Crippen LogP contribution < -0.4 is 14.9 Å². The number of hydrogen-bond donors (Lipinski definition) is 3. The molecular formula is C24H22F7N3O5S. The molecule has 0 aromatic heterocycles. The quantitative estimate of drug-likeness (QED) is 0.443. The molecule has 0 radical (unpaired) electrons. The molecule has 0 aliphatic carbocycles. The number of aliphatic hydroxyl groups is 1. The average Bonchev–Trinajstić information content (AvgIpc) is 3.25. The van der Waals surface area contributed by atoms with E-state index in [4.69, 9.17) is 0 Å². The lowest BCUT2D eigenvalue weighted by Gasteiger charge is -2.39. The maximum Gasteiger partial charge on any atom is 0.430 e. The van der Waals surface area contributed by atoms with Crippen LogP contribution in [0.3, 0.4) is 0 Å². The summed E-state index contributed by atoms with van der Waals surface area (Å²) in [6, 6.07) is 3.32. The zero-order valence-electron chi connectivity index (χ0n) is 20.3. The highest BCUT2D eigenvalue weighted by Gasteiger charge is 2.71. The van der Waals surface area contributed by atoms with Crippen molar-refractivity contribution in [1.82, 2.24) is 10.6 Å². The number of carbonyl (C=O) groups excluding carboxylic acids is 2. The van der Waals surface area contributed by atoms with Gasteiger partial charge in [0.15, 0.2) is 0 Å². The molecule has 2 amide bonds. The molecule has 16 heteroatoms. The largest absolute Gasteiger partial charge is 0.430 e. The van der Waals surface area contributed by atoms with Gasteiger partial charge in [0.25, 0.3) is 15.6 Å². The Hall–Kier alpha value is -3.40. The number of aryl methyl sites for hydroxylation is 1. The summed E-state index contributed by atoms with van der Waals surface area (Å²) in [7, 11) is -4.61. The molecule has 40 heavy (non-hydrogen) atoms. The van der Waals surface area contributed by atoms with Gasteiger partial charge in [0.05, 0.1) is 22.7 Å². The van der Waals surface area contributed by atoms with Crippen LogP contribution in [0.1, 0.15) is 30.4 Å². The Morgan fingerprint density at radius 2 is 1.68 bits per heavy atom. The Morgan fingerprint density at radius 1 is 1.05 bits per heavy atom. The lowest BCUT2D eigenvalue weighted by Crippen LogP contribution is -2.54. The third-order valence-electron chi connectivity index (χ3n) is 6.77. The lowest BCUT2D eigenvalue weighted by molar-refractivity contribution is -0.376. The summed E-state index contributed by atoms with van der Waals surface area (Å²) >= 11 is 0. The van der Waals surface area contributed by atoms with Crippen molar-refractivity contribution in [2.75, 3.05) is 10.8 Å². The van der Waals surface area contributed by atoms with E-state index in [1.165, 1.54) is 0 Å². The van der Waals surface area contributed by atoms with Crippen molar-refractivity contribution in [1.29, 1.82) is 0 Å². The van der Waals surface area contributed by atoms with Crippen LogP contribution in [0.2, 0.25) is 0 Å². The van der Waals surface area contributed by atoms with Gasteiger partial charge in [-0.1, -0.05) is 12.1 Å². The van der Waals surface area contributed by atoms with Gasteiger partial charge in [-0.25, -0.2) is 12.8 Å². The first-order chi connectivity index (χ1) is 18.4. The number of benzene rings is 2. The first kappa shape index (κ1) is 29.6. The van der Waals surface area contributed by atoms with E-state index in [0.717, 1.165) is 24.3 Å². The van der Waals surface area contributed by atoms with Crippen molar-refractivity contribution in [3.05, 3.63) is 59.4 Å². The van der Waals surface area contributed by atoms with Crippen molar-refractivity contribution in [2.24, 2.45) is 0 Å². The monoisotopic (exact) mass is 597 g/mol. The third kappa shape index (κ3) is 5.33. The Labute approximate surface area is 223 Å². The number of hydrogen-bond acceptors (Lipinski definition) is 5. The minimum absolute atomic E-state index is 0.000922. The van der Waals surface area contributed by atoms with Gasteiger partial charge in [0.1, 0.15) is 5.82 Å². The van der Waals surface area contributed by atoms with Gasteiger partial charge in [-0.15, -0.1) is 0 Å². The number of nitrogens with one attached hydrogen (secondary N) is 2. The number of nitrogens with zero attached hydrogens (tertiary/aromatic N) is 1. The smallest absolute Gasteiger partial charge is 0.369 e. The number of halogens is 7. The minimum Gasteiger partial charge on any atom is -0.369 e. The normalized spacial score (nSPS) is 20.2. The van der Waals surface area contributed by atoms with Gasteiger partial charge in [-0.05, 0) is 48.7 Å². The van der Waals surface area contributed by atoms with E-state index in [1.54, 1.807) is 0 Å². The molecule has 2 aliphatic rings. The number of rotatable bonds is 6.